The standard InChI is InChI=1S/C25H25N5O2/c1-17(23-28-27-22-11-4-5-14-30(22)23)26-24(31)19-12-15-29(16-13-19)25(32)21-10-6-8-18-7-2-3-9-20(18)21/h2-11,14,17,19H,12-13,15-16H2,1H3,(H,26,31). The van der Waals surface area contributed by atoms with E-state index in [4.69, 9.17) is 0 Å². The van der Waals surface area contributed by atoms with Crippen LogP contribution in [0, 0.1) is 5.92 Å². The van der Waals surface area contributed by atoms with Crippen LogP contribution in [0.5, 0.6) is 0 Å². The summed E-state index contributed by atoms with van der Waals surface area (Å²) in [6.07, 6.45) is 3.19. The maximum absolute atomic E-state index is 13.2. The van der Waals surface area contributed by atoms with Gasteiger partial charge in [-0.3, -0.25) is 14.0 Å². The number of benzene rings is 2. The number of nitrogens with zero attached hydrogens (tertiary/aromatic N) is 4. The summed E-state index contributed by atoms with van der Waals surface area (Å²) in [5, 5.41) is 13.5. The molecule has 0 aliphatic carbocycles. The monoisotopic (exact) mass is 427 g/mol. The van der Waals surface area contributed by atoms with Gasteiger partial charge in [-0.2, -0.15) is 0 Å². The third-order valence-electron chi connectivity index (χ3n) is 6.26. The van der Waals surface area contributed by atoms with Crippen molar-refractivity contribution in [3.63, 3.8) is 0 Å². The largest absolute Gasteiger partial charge is 0.346 e. The highest BCUT2D eigenvalue weighted by atomic mass is 16.2. The van der Waals surface area contributed by atoms with Crippen molar-refractivity contribution in [3.8, 4) is 0 Å². The van der Waals surface area contributed by atoms with E-state index in [0.717, 1.165) is 22.0 Å². The Morgan fingerprint density at radius 2 is 1.72 bits per heavy atom. The zero-order chi connectivity index (χ0) is 22.1. The molecule has 1 aliphatic rings. The fraction of sp³-hybridized carbons (Fsp3) is 0.280. The predicted molar refractivity (Wildman–Crippen MR) is 122 cm³/mol. The maximum Gasteiger partial charge on any atom is 0.254 e. The smallest absolute Gasteiger partial charge is 0.254 e. The van der Waals surface area contributed by atoms with Crippen LogP contribution in [0.1, 0.15) is 42.0 Å². The summed E-state index contributed by atoms with van der Waals surface area (Å²) >= 11 is 0. The molecular formula is C25H25N5O2. The van der Waals surface area contributed by atoms with E-state index < -0.39 is 0 Å². The van der Waals surface area contributed by atoms with E-state index in [1.165, 1.54) is 0 Å². The Kier molecular flexibility index (Phi) is 5.31. The Hall–Kier alpha value is -3.74. The van der Waals surface area contributed by atoms with Gasteiger partial charge in [-0.05, 0) is 48.7 Å². The van der Waals surface area contributed by atoms with Gasteiger partial charge in [0.25, 0.3) is 5.91 Å². The minimum atomic E-state index is -0.254. The molecule has 1 N–H and O–H groups in total. The first-order valence-electron chi connectivity index (χ1n) is 11.0. The highest BCUT2D eigenvalue weighted by Gasteiger charge is 2.29. The van der Waals surface area contributed by atoms with E-state index >= 15 is 0 Å². The summed E-state index contributed by atoms with van der Waals surface area (Å²) in [5.41, 5.74) is 1.47. The molecule has 2 aromatic heterocycles. The summed E-state index contributed by atoms with van der Waals surface area (Å²) in [6.45, 7) is 3.06. The van der Waals surface area contributed by atoms with E-state index in [9.17, 15) is 9.59 Å². The van der Waals surface area contributed by atoms with Gasteiger partial charge in [-0.1, -0.05) is 42.5 Å². The van der Waals surface area contributed by atoms with Crippen molar-refractivity contribution in [1.29, 1.82) is 0 Å². The van der Waals surface area contributed by atoms with Gasteiger partial charge in [0, 0.05) is 30.8 Å². The Morgan fingerprint density at radius 3 is 2.56 bits per heavy atom. The van der Waals surface area contributed by atoms with Gasteiger partial charge in [0.1, 0.15) is 0 Å². The molecular weight excluding hydrogens is 402 g/mol. The number of pyridine rings is 1. The molecule has 2 amide bonds. The van der Waals surface area contributed by atoms with Gasteiger partial charge >= 0.3 is 0 Å². The van der Waals surface area contributed by atoms with Crippen molar-refractivity contribution in [3.05, 3.63) is 78.2 Å². The van der Waals surface area contributed by atoms with E-state index in [-0.39, 0.29) is 23.8 Å². The molecule has 0 radical (unpaired) electrons. The quantitative estimate of drug-likeness (QED) is 0.540. The molecule has 0 spiro atoms. The Balaban J connectivity index is 1.22. The van der Waals surface area contributed by atoms with Gasteiger partial charge in [-0.25, -0.2) is 0 Å². The number of fused-ring (bicyclic) bond motifs is 2. The molecule has 162 valence electrons. The molecule has 3 heterocycles. The molecule has 7 nitrogen and oxygen atoms in total. The van der Waals surface area contributed by atoms with Crippen LogP contribution in [0.2, 0.25) is 0 Å². The Bertz CT molecular complexity index is 1280. The van der Waals surface area contributed by atoms with E-state index in [2.05, 4.69) is 15.5 Å². The number of carbonyl (C=O) groups excluding carboxylic acids is 2. The molecule has 1 atom stereocenters. The first-order valence-corrected chi connectivity index (χ1v) is 11.0. The van der Waals surface area contributed by atoms with Gasteiger partial charge in [0.15, 0.2) is 11.5 Å². The average Bonchev–Trinajstić information content (AvgIpc) is 3.28. The minimum absolute atomic E-state index is 0.00226. The number of hydrogen-bond donors (Lipinski definition) is 1. The number of hydrogen-bond acceptors (Lipinski definition) is 4. The third-order valence-corrected chi connectivity index (χ3v) is 6.26. The number of nitrogens with one attached hydrogen (secondary N) is 1. The van der Waals surface area contributed by atoms with Crippen molar-refractivity contribution in [2.24, 2.45) is 5.92 Å². The lowest BCUT2D eigenvalue weighted by Crippen LogP contribution is -2.43. The Morgan fingerprint density at radius 1 is 0.969 bits per heavy atom. The van der Waals surface area contributed by atoms with Gasteiger partial charge < -0.3 is 10.2 Å². The molecule has 2 aromatic carbocycles. The molecule has 5 rings (SSSR count). The summed E-state index contributed by atoms with van der Waals surface area (Å²) in [5.74, 6) is 0.622. The highest BCUT2D eigenvalue weighted by Crippen LogP contribution is 2.24. The van der Waals surface area contributed by atoms with Crippen LogP contribution < -0.4 is 5.32 Å². The second-order valence-electron chi connectivity index (χ2n) is 8.31. The molecule has 32 heavy (non-hydrogen) atoms. The van der Waals surface area contributed by atoms with Gasteiger partial charge in [0.05, 0.1) is 6.04 Å². The van der Waals surface area contributed by atoms with Crippen molar-refractivity contribution >= 4 is 28.2 Å². The zero-order valence-electron chi connectivity index (χ0n) is 17.9. The maximum atomic E-state index is 13.2. The molecule has 1 aliphatic heterocycles. The third kappa shape index (κ3) is 3.70. The van der Waals surface area contributed by atoms with Crippen LogP contribution in [0.25, 0.3) is 16.4 Å². The van der Waals surface area contributed by atoms with E-state index in [1.807, 2.05) is 83.1 Å². The molecule has 7 heteroatoms. The molecule has 4 aromatic rings. The molecule has 1 unspecified atom stereocenters. The molecule has 0 saturated carbocycles. The fourth-order valence-electron chi connectivity index (χ4n) is 4.48. The Labute approximate surface area is 186 Å². The normalized spacial score (nSPS) is 15.7. The summed E-state index contributed by atoms with van der Waals surface area (Å²) in [7, 11) is 0. The van der Waals surface area contributed by atoms with Crippen LogP contribution in [0.4, 0.5) is 0 Å². The van der Waals surface area contributed by atoms with Crippen LogP contribution in [0.15, 0.2) is 66.9 Å². The average molecular weight is 428 g/mol. The number of likely N-dealkylation sites (tertiary alicyclic amines) is 1. The lowest BCUT2D eigenvalue weighted by atomic mass is 9.94. The SMILES string of the molecule is CC(NC(=O)C1CCN(C(=O)c2cccc3ccccc23)CC1)c1nnc2ccccn12. The van der Waals surface area contributed by atoms with Gasteiger partial charge in [0.2, 0.25) is 5.91 Å². The first-order chi connectivity index (χ1) is 15.6. The number of aromatic nitrogens is 3. The van der Waals surface area contributed by atoms with Crippen molar-refractivity contribution in [2.75, 3.05) is 13.1 Å². The zero-order valence-corrected chi connectivity index (χ0v) is 17.9. The number of amides is 2. The van der Waals surface area contributed by atoms with E-state index in [1.54, 1.807) is 0 Å². The minimum Gasteiger partial charge on any atom is -0.346 e. The van der Waals surface area contributed by atoms with Crippen LogP contribution in [0.3, 0.4) is 0 Å². The lowest BCUT2D eigenvalue weighted by molar-refractivity contribution is -0.127. The molecule has 0 bridgehead atoms. The van der Waals surface area contributed by atoms with Crippen LogP contribution >= 0.6 is 0 Å². The van der Waals surface area contributed by atoms with Crippen molar-refractivity contribution < 1.29 is 9.59 Å². The summed E-state index contributed by atoms with van der Waals surface area (Å²) in [6, 6.07) is 19.2. The highest BCUT2D eigenvalue weighted by molar-refractivity contribution is 6.07. The number of piperidine rings is 1. The molecule has 1 fully saturated rings. The fourth-order valence-corrected chi connectivity index (χ4v) is 4.48. The second-order valence-corrected chi connectivity index (χ2v) is 8.31. The number of rotatable bonds is 4. The van der Waals surface area contributed by atoms with Crippen molar-refractivity contribution in [2.45, 2.75) is 25.8 Å². The summed E-state index contributed by atoms with van der Waals surface area (Å²) in [4.78, 5) is 27.9. The second kappa shape index (κ2) is 8.42. The van der Waals surface area contributed by atoms with Crippen molar-refractivity contribution in [1.82, 2.24) is 24.8 Å². The summed E-state index contributed by atoms with van der Waals surface area (Å²) < 4.78 is 1.89. The predicted octanol–water partition coefficient (Wildman–Crippen LogP) is 3.61. The van der Waals surface area contributed by atoms with Gasteiger partial charge in [-0.15, -0.1) is 10.2 Å². The van der Waals surface area contributed by atoms with Crippen LogP contribution in [-0.4, -0.2) is 44.4 Å². The topological polar surface area (TPSA) is 79.6 Å². The van der Waals surface area contributed by atoms with E-state index in [0.29, 0.717) is 31.8 Å². The molecule has 1 saturated heterocycles. The van der Waals surface area contributed by atoms with Crippen LogP contribution in [-0.2, 0) is 4.79 Å². The number of carbonyl (C=O) groups is 2. The first kappa shape index (κ1) is 20.2. The lowest BCUT2D eigenvalue weighted by Gasteiger charge is -2.32.